The molecule has 4 aromatic carbocycles. The molecule has 0 bridgehead atoms. The second-order valence-corrected chi connectivity index (χ2v) is 15.5. The van der Waals surface area contributed by atoms with Crippen LogP contribution >= 0.6 is 0 Å². The molecule has 1 saturated heterocycles. The van der Waals surface area contributed by atoms with Crippen molar-refractivity contribution in [3.05, 3.63) is 144 Å². The number of benzene rings is 4. The van der Waals surface area contributed by atoms with Gasteiger partial charge in [-0.25, -0.2) is 9.59 Å². The number of alkyl carbamates (subject to hydrolysis) is 1. The lowest BCUT2D eigenvalue weighted by Crippen LogP contribution is -2.57. The molecule has 0 saturated carbocycles. The van der Waals surface area contributed by atoms with Gasteiger partial charge in [-0.2, -0.15) is 0 Å². The molecule has 4 amide bonds. The molecule has 0 spiro atoms. The summed E-state index contributed by atoms with van der Waals surface area (Å²) >= 11 is 0. The normalized spacial score (nSPS) is 14.6. The van der Waals surface area contributed by atoms with Crippen LogP contribution in [-0.2, 0) is 69.3 Å². The Bertz CT molecular complexity index is 2060. The molecule has 5 rings (SSSR count). The smallest absolute Gasteiger partial charge is 0.407 e. The lowest BCUT2D eigenvalue weighted by Gasteiger charge is -2.30. The van der Waals surface area contributed by atoms with E-state index in [1.54, 1.807) is 0 Å². The highest BCUT2D eigenvalue weighted by molar-refractivity contribution is 5.93. The van der Waals surface area contributed by atoms with Gasteiger partial charge >= 0.3 is 18.0 Å². The monoisotopic (exact) mass is 877 g/mol. The molecule has 1 aliphatic rings. The molecule has 4 N–H and O–H groups in total. The van der Waals surface area contributed by atoms with Gasteiger partial charge in [-0.3, -0.25) is 19.2 Å². The van der Waals surface area contributed by atoms with Gasteiger partial charge in [0.25, 0.3) is 0 Å². The quantitative estimate of drug-likeness (QED) is 0.0393. The number of carbonyl (C=O) groups excluding carboxylic acids is 6. The van der Waals surface area contributed by atoms with E-state index in [-0.39, 0.29) is 65.0 Å². The Labute approximate surface area is 374 Å². The number of ether oxygens (including phenoxy) is 4. The van der Waals surface area contributed by atoms with Crippen molar-refractivity contribution in [2.45, 2.75) is 96.0 Å². The highest BCUT2D eigenvalue weighted by atomic mass is 16.5. The van der Waals surface area contributed by atoms with Crippen molar-refractivity contribution < 1.29 is 47.7 Å². The minimum atomic E-state index is -1.20. The van der Waals surface area contributed by atoms with Gasteiger partial charge in [0, 0.05) is 26.6 Å². The molecule has 4 atom stereocenters. The number of unbranched alkanes of at least 4 members (excludes halogenated alkanes) is 1. The summed E-state index contributed by atoms with van der Waals surface area (Å²) < 4.78 is 22.4. The van der Waals surface area contributed by atoms with Crippen LogP contribution in [0.4, 0.5) is 4.79 Å². The number of nitrogens with one attached hydrogen (secondary N) is 4. The zero-order chi connectivity index (χ0) is 45.4. The van der Waals surface area contributed by atoms with Crippen LogP contribution < -0.4 is 21.3 Å². The predicted octanol–water partition coefficient (Wildman–Crippen LogP) is 5.12. The molecule has 1 fully saturated rings. The fourth-order valence-electron chi connectivity index (χ4n) is 7.11. The number of esters is 2. The van der Waals surface area contributed by atoms with Crippen LogP contribution in [0.25, 0.3) is 0 Å². The lowest BCUT2D eigenvalue weighted by atomic mass is 10.1. The van der Waals surface area contributed by atoms with Crippen molar-refractivity contribution in [3.63, 3.8) is 0 Å². The third kappa shape index (κ3) is 17.3. The molecule has 15 nitrogen and oxygen atoms in total. The van der Waals surface area contributed by atoms with Gasteiger partial charge in [-0.05, 0) is 54.4 Å². The Balaban J connectivity index is 1.27. The molecular weight excluding hydrogens is 819 g/mol. The Hall–Kier alpha value is -6.58. The van der Waals surface area contributed by atoms with Crippen molar-refractivity contribution in [1.29, 1.82) is 0 Å². The molecule has 0 aliphatic carbocycles. The van der Waals surface area contributed by atoms with E-state index in [0.29, 0.717) is 25.7 Å². The van der Waals surface area contributed by atoms with Gasteiger partial charge in [0.1, 0.15) is 31.9 Å². The molecule has 0 aromatic heterocycles. The first kappa shape index (κ1) is 48.5. The summed E-state index contributed by atoms with van der Waals surface area (Å²) in [5, 5.41) is 11.6. The molecule has 1 aliphatic heterocycles. The van der Waals surface area contributed by atoms with Crippen LogP contribution in [0.15, 0.2) is 121 Å². The third-order valence-corrected chi connectivity index (χ3v) is 10.4. The number of amides is 4. The summed E-state index contributed by atoms with van der Waals surface area (Å²) in [4.78, 5) is 81.5. The van der Waals surface area contributed by atoms with Gasteiger partial charge in [0.15, 0.2) is 0 Å². The largest absolute Gasteiger partial charge is 0.461 e. The van der Waals surface area contributed by atoms with E-state index in [1.165, 1.54) is 11.8 Å². The van der Waals surface area contributed by atoms with Crippen LogP contribution in [0.1, 0.15) is 67.7 Å². The number of hydrogen-bond acceptors (Lipinski definition) is 11. The third-order valence-electron chi connectivity index (χ3n) is 10.4. The van der Waals surface area contributed by atoms with Gasteiger partial charge < -0.3 is 45.1 Å². The van der Waals surface area contributed by atoms with Crippen LogP contribution in [0, 0.1) is 0 Å². The van der Waals surface area contributed by atoms with E-state index in [2.05, 4.69) is 21.3 Å². The first-order chi connectivity index (χ1) is 31.1. The SMILES string of the molecule is CC(=O)N[C@H](CN[C@@H](CC(=O)OCc1ccccc1)C(=O)N[C@@H](CCCCNC(=O)OCc1ccccc1)C(=O)N1CCC[C@H]1C(=O)OCc1ccccc1)COCc1ccccc1. The highest BCUT2D eigenvalue weighted by Gasteiger charge is 2.39. The summed E-state index contributed by atoms with van der Waals surface area (Å²) in [5.74, 6) is -2.66. The summed E-state index contributed by atoms with van der Waals surface area (Å²) in [5.41, 5.74) is 3.35. The van der Waals surface area contributed by atoms with Gasteiger partial charge in [-0.15, -0.1) is 0 Å². The van der Waals surface area contributed by atoms with Crippen molar-refractivity contribution in [3.8, 4) is 0 Å². The fourth-order valence-corrected chi connectivity index (χ4v) is 7.11. The predicted molar refractivity (Wildman–Crippen MR) is 238 cm³/mol. The Morgan fingerprint density at radius 2 is 1.20 bits per heavy atom. The molecule has 15 heteroatoms. The zero-order valence-electron chi connectivity index (χ0n) is 36.3. The maximum Gasteiger partial charge on any atom is 0.407 e. The lowest BCUT2D eigenvalue weighted by molar-refractivity contribution is -0.155. The molecular formula is C49H59N5O10. The minimum absolute atomic E-state index is 0.0124. The molecule has 4 aromatic rings. The van der Waals surface area contributed by atoms with E-state index in [9.17, 15) is 28.8 Å². The van der Waals surface area contributed by atoms with E-state index in [0.717, 1.165) is 22.3 Å². The van der Waals surface area contributed by atoms with Crippen LogP contribution in [0.3, 0.4) is 0 Å². The summed E-state index contributed by atoms with van der Waals surface area (Å²) in [6, 6.07) is 33.4. The van der Waals surface area contributed by atoms with Gasteiger partial charge in [-0.1, -0.05) is 121 Å². The van der Waals surface area contributed by atoms with Crippen LogP contribution in [0.5, 0.6) is 0 Å². The second-order valence-electron chi connectivity index (χ2n) is 15.5. The first-order valence-corrected chi connectivity index (χ1v) is 21.7. The maximum absolute atomic E-state index is 14.4. The standard InChI is InChI=1S/C49H59N5O10/c1-36(55)52-41(35-61-31-37-17-6-2-7-18-37)30-51-43(29-45(56)62-32-38-19-8-3-9-20-38)46(57)53-42(25-14-15-27-50-49(60)64-34-40-23-12-5-13-24-40)47(58)54-28-16-26-44(54)48(59)63-33-39-21-10-4-11-22-39/h2-13,17-24,41-44,51H,14-16,25-35H2,1H3,(H,50,60)(H,52,55)(H,53,57)/t41-,42+,43+,44+/m1/s1. The molecule has 0 unspecified atom stereocenters. The zero-order valence-corrected chi connectivity index (χ0v) is 36.3. The van der Waals surface area contributed by atoms with Gasteiger partial charge in [0.2, 0.25) is 17.7 Å². The number of nitrogens with zero attached hydrogens (tertiary/aromatic N) is 1. The summed E-state index contributed by atoms with van der Waals surface area (Å²) in [6.07, 6.45) is 0.953. The Morgan fingerprint density at radius 1 is 0.656 bits per heavy atom. The van der Waals surface area contributed by atoms with Crippen LogP contribution in [-0.4, -0.2) is 91.1 Å². The van der Waals surface area contributed by atoms with E-state index in [4.69, 9.17) is 18.9 Å². The van der Waals surface area contributed by atoms with Gasteiger partial charge in [0.05, 0.1) is 31.7 Å². The number of carbonyl (C=O) groups is 6. The number of hydrogen-bond donors (Lipinski definition) is 4. The van der Waals surface area contributed by atoms with E-state index < -0.39 is 60.4 Å². The van der Waals surface area contributed by atoms with Crippen molar-refractivity contribution in [2.75, 3.05) is 26.2 Å². The van der Waals surface area contributed by atoms with Crippen molar-refractivity contribution in [1.82, 2.24) is 26.2 Å². The highest BCUT2D eigenvalue weighted by Crippen LogP contribution is 2.22. The molecule has 64 heavy (non-hydrogen) atoms. The maximum atomic E-state index is 14.4. The number of likely N-dealkylation sites (tertiary alicyclic amines) is 1. The number of rotatable bonds is 25. The average molecular weight is 878 g/mol. The van der Waals surface area contributed by atoms with Crippen molar-refractivity contribution >= 4 is 35.8 Å². The summed E-state index contributed by atoms with van der Waals surface area (Å²) in [7, 11) is 0. The summed E-state index contributed by atoms with van der Waals surface area (Å²) in [6.45, 7) is 2.46. The Kier molecular flexibility index (Phi) is 20.3. The Morgan fingerprint density at radius 3 is 1.78 bits per heavy atom. The first-order valence-electron chi connectivity index (χ1n) is 21.7. The van der Waals surface area contributed by atoms with E-state index >= 15 is 0 Å². The topological polar surface area (TPSA) is 191 Å². The van der Waals surface area contributed by atoms with E-state index in [1.807, 2.05) is 121 Å². The minimum Gasteiger partial charge on any atom is -0.461 e. The van der Waals surface area contributed by atoms with Crippen LogP contribution in [0.2, 0.25) is 0 Å². The van der Waals surface area contributed by atoms with Crippen molar-refractivity contribution in [2.24, 2.45) is 0 Å². The fraction of sp³-hybridized carbons (Fsp3) is 0.388. The molecule has 0 radical (unpaired) electrons. The molecule has 340 valence electrons. The second kappa shape index (κ2) is 26.8. The molecule has 1 heterocycles. The average Bonchev–Trinajstić information content (AvgIpc) is 3.81.